The Morgan fingerprint density at radius 3 is 2.62 bits per heavy atom. The van der Waals surface area contributed by atoms with Crippen LogP contribution in [-0.4, -0.2) is 31.1 Å². The van der Waals surface area contributed by atoms with Crippen molar-refractivity contribution in [3.8, 4) is 0 Å². The van der Waals surface area contributed by atoms with Gasteiger partial charge in [0.2, 0.25) is 0 Å². The van der Waals surface area contributed by atoms with Crippen LogP contribution in [0.3, 0.4) is 0 Å². The first kappa shape index (κ1) is 12.3. The predicted octanol–water partition coefficient (Wildman–Crippen LogP) is 1.22. The molecule has 5 heteroatoms. The van der Waals surface area contributed by atoms with E-state index in [9.17, 15) is 9.59 Å². The zero-order valence-electron chi connectivity index (χ0n) is 9.36. The zero-order chi connectivity index (χ0) is 12.0. The third-order valence-corrected chi connectivity index (χ3v) is 2.35. The van der Waals surface area contributed by atoms with Crippen LogP contribution in [0.25, 0.3) is 0 Å². The summed E-state index contributed by atoms with van der Waals surface area (Å²) in [5.74, 6) is -1.13. The molecule has 0 aromatic carbocycles. The number of nitrogens with one attached hydrogen (secondary N) is 1. The highest BCUT2D eigenvalue weighted by Gasteiger charge is 2.23. The lowest BCUT2D eigenvalue weighted by molar-refractivity contribution is -0.144. The largest absolute Gasteiger partial charge is 0.469 e. The van der Waals surface area contributed by atoms with Gasteiger partial charge in [0, 0.05) is 18.3 Å². The fraction of sp³-hybridized carbons (Fsp3) is 0.455. The van der Waals surface area contributed by atoms with Crippen LogP contribution in [0.5, 0.6) is 0 Å². The molecule has 1 aromatic rings. The van der Waals surface area contributed by atoms with Crippen LogP contribution in [0.1, 0.15) is 24.5 Å². The van der Waals surface area contributed by atoms with Crippen LogP contribution in [0.15, 0.2) is 18.3 Å². The zero-order valence-corrected chi connectivity index (χ0v) is 9.36. The van der Waals surface area contributed by atoms with E-state index >= 15 is 0 Å². The Kier molecular flexibility index (Phi) is 4.57. The molecule has 1 N–H and O–H groups in total. The van der Waals surface area contributed by atoms with E-state index < -0.39 is 5.92 Å². The second-order valence-electron chi connectivity index (χ2n) is 3.32. The van der Waals surface area contributed by atoms with Crippen molar-refractivity contribution in [1.82, 2.24) is 4.98 Å². The maximum atomic E-state index is 11.5. The summed E-state index contributed by atoms with van der Waals surface area (Å²) in [6, 6.07) is 3.59. The molecular formula is C11H15NO4. The number of H-pyrrole nitrogens is 1. The Balaban J connectivity index is 2.66. The first-order chi connectivity index (χ1) is 7.69. The van der Waals surface area contributed by atoms with Gasteiger partial charge in [0.15, 0.2) is 0 Å². The van der Waals surface area contributed by atoms with Crippen LogP contribution < -0.4 is 0 Å². The van der Waals surface area contributed by atoms with E-state index in [1.807, 2.05) is 0 Å². The van der Waals surface area contributed by atoms with Gasteiger partial charge in [0.1, 0.15) is 0 Å². The summed E-state index contributed by atoms with van der Waals surface area (Å²) in [7, 11) is 2.65. The molecule has 0 aliphatic rings. The lowest BCUT2D eigenvalue weighted by Gasteiger charge is -2.12. The number of aromatic nitrogens is 1. The number of aromatic amines is 1. The van der Waals surface area contributed by atoms with Gasteiger partial charge < -0.3 is 14.5 Å². The molecule has 0 saturated heterocycles. The van der Waals surface area contributed by atoms with Gasteiger partial charge in [-0.15, -0.1) is 0 Å². The van der Waals surface area contributed by atoms with E-state index in [4.69, 9.17) is 4.74 Å². The molecule has 16 heavy (non-hydrogen) atoms. The molecule has 1 heterocycles. The molecule has 0 aliphatic carbocycles. The highest BCUT2D eigenvalue weighted by molar-refractivity contribution is 5.78. The maximum Gasteiger partial charge on any atom is 0.314 e. The van der Waals surface area contributed by atoms with Crippen molar-refractivity contribution in [2.75, 3.05) is 14.2 Å². The number of rotatable bonds is 5. The third kappa shape index (κ3) is 3.12. The van der Waals surface area contributed by atoms with Gasteiger partial charge in [-0.25, -0.2) is 0 Å². The minimum Gasteiger partial charge on any atom is -0.469 e. The SMILES string of the molecule is COC(=O)CCC(C(=O)OC)c1ccc[nH]1. The molecule has 0 amide bonds. The quantitative estimate of drug-likeness (QED) is 0.765. The van der Waals surface area contributed by atoms with Gasteiger partial charge in [-0.3, -0.25) is 9.59 Å². The van der Waals surface area contributed by atoms with Gasteiger partial charge in [-0.1, -0.05) is 0 Å². The fourth-order valence-corrected chi connectivity index (χ4v) is 1.47. The molecule has 1 unspecified atom stereocenters. The summed E-state index contributed by atoms with van der Waals surface area (Å²) >= 11 is 0. The van der Waals surface area contributed by atoms with Gasteiger partial charge in [0.05, 0.1) is 20.1 Å². The molecule has 0 fully saturated rings. The molecule has 0 saturated carbocycles. The van der Waals surface area contributed by atoms with Crippen LogP contribution in [0, 0.1) is 0 Å². The third-order valence-electron chi connectivity index (χ3n) is 2.35. The van der Waals surface area contributed by atoms with E-state index in [0.717, 1.165) is 5.69 Å². The minimum atomic E-state index is -0.445. The highest BCUT2D eigenvalue weighted by Crippen LogP contribution is 2.21. The van der Waals surface area contributed by atoms with Gasteiger partial charge >= 0.3 is 11.9 Å². The average Bonchev–Trinajstić information content (AvgIpc) is 2.82. The molecule has 0 aliphatic heterocycles. The normalized spacial score (nSPS) is 11.9. The molecule has 0 radical (unpaired) electrons. The number of hydrogen-bond acceptors (Lipinski definition) is 4. The van der Waals surface area contributed by atoms with Crippen LogP contribution >= 0.6 is 0 Å². The van der Waals surface area contributed by atoms with E-state index in [-0.39, 0.29) is 18.4 Å². The molecule has 0 bridgehead atoms. The number of esters is 2. The van der Waals surface area contributed by atoms with Crippen LogP contribution in [0.4, 0.5) is 0 Å². The molecule has 1 rings (SSSR count). The van der Waals surface area contributed by atoms with E-state index in [0.29, 0.717) is 6.42 Å². The first-order valence-electron chi connectivity index (χ1n) is 4.97. The number of hydrogen-bond donors (Lipinski definition) is 1. The summed E-state index contributed by atoms with van der Waals surface area (Å²) in [6.45, 7) is 0. The Bertz CT molecular complexity index is 345. The molecule has 1 atom stereocenters. The molecule has 5 nitrogen and oxygen atoms in total. The van der Waals surface area contributed by atoms with Crippen LogP contribution in [0.2, 0.25) is 0 Å². The van der Waals surface area contributed by atoms with Crippen molar-refractivity contribution in [3.05, 3.63) is 24.0 Å². The van der Waals surface area contributed by atoms with E-state index in [1.54, 1.807) is 18.3 Å². The second-order valence-corrected chi connectivity index (χ2v) is 3.32. The molecule has 88 valence electrons. The highest BCUT2D eigenvalue weighted by atomic mass is 16.5. The standard InChI is InChI=1S/C11H15NO4/c1-15-10(13)6-5-8(11(14)16-2)9-4-3-7-12-9/h3-4,7-8,12H,5-6H2,1-2H3. The maximum absolute atomic E-state index is 11.5. The van der Waals surface area contributed by atoms with Crippen molar-refractivity contribution < 1.29 is 19.1 Å². The average molecular weight is 225 g/mol. The summed E-state index contributed by atoms with van der Waals surface area (Å²) in [5, 5.41) is 0. The van der Waals surface area contributed by atoms with Gasteiger partial charge in [-0.2, -0.15) is 0 Å². The fourth-order valence-electron chi connectivity index (χ4n) is 1.47. The smallest absolute Gasteiger partial charge is 0.314 e. The molecule has 1 aromatic heterocycles. The Labute approximate surface area is 93.7 Å². The summed E-state index contributed by atoms with van der Waals surface area (Å²) in [6.07, 6.45) is 2.29. The van der Waals surface area contributed by atoms with E-state index in [1.165, 1.54) is 14.2 Å². The second kappa shape index (κ2) is 5.95. The number of carbonyl (C=O) groups excluding carboxylic acids is 2. The first-order valence-corrected chi connectivity index (χ1v) is 4.97. The molecular weight excluding hydrogens is 210 g/mol. The van der Waals surface area contributed by atoms with Crippen molar-refractivity contribution in [2.24, 2.45) is 0 Å². The predicted molar refractivity (Wildman–Crippen MR) is 56.8 cm³/mol. The Morgan fingerprint density at radius 1 is 1.38 bits per heavy atom. The molecule has 0 spiro atoms. The number of carbonyl (C=O) groups is 2. The van der Waals surface area contributed by atoms with Gasteiger partial charge in [0.25, 0.3) is 0 Å². The summed E-state index contributed by atoms with van der Waals surface area (Å²) in [4.78, 5) is 25.5. The van der Waals surface area contributed by atoms with E-state index in [2.05, 4.69) is 9.72 Å². The Morgan fingerprint density at radius 2 is 2.12 bits per heavy atom. The number of methoxy groups -OCH3 is 2. The monoisotopic (exact) mass is 225 g/mol. The lowest BCUT2D eigenvalue weighted by Crippen LogP contribution is -2.16. The summed E-state index contributed by atoms with van der Waals surface area (Å²) in [5.41, 5.74) is 0.746. The summed E-state index contributed by atoms with van der Waals surface area (Å²) < 4.78 is 9.22. The Hall–Kier alpha value is -1.78. The van der Waals surface area contributed by atoms with Crippen molar-refractivity contribution in [1.29, 1.82) is 0 Å². The minimum absolute atomic E-state index is 0.190. The van der Waals surface area contributed by atoms with Crippen molar-refractivity contribution >= 4 is 11.9 Å². The number of ether oxygens (including phenoxy) is 2. The van der Waals surface area contributed by atoms with Crippen molar-refractivity contribution in [3.63, 3.8) is 0 Å². The van der Waals surface area contributed by atoms with Gasteiger partial charge in [-0.05, 0) is 18.6 Å². The van der Waals surface area contributed by atoms with Crippen LogP contribution in [-0.2, 0) is 19.1 Å². The topological polar surface area (TPSA) is 68.4 Å². The lowest BCUT2D eigenvalue weighted by atomic mass is 10.00. The van der Waals surface area contributed by atoms with Crippen molar-refractivity contribution in [2.45, 2.75) is 18.8 Å².